The summed E-state index contributed by atoms with van der Waals surface area (Å²) < 4.78 is 22.9. The van der Waals surface area contributed by atoms with Gasteiger partial charge in [-0.3, -0.25) is 14.4 Å². The van der Waals surface area contributed by atoms with E-state index in [1.165, 1.54) is 13.8 Å². The largest absolute Gasteiger partial charge is 0.457 e. The van der Waals surface area contributed by atoms with Gasteiger partial charge in [0.25, 0.3) is 5.91 Å². The van der Waals surface area contributed by atoms with E-state index in [1.54, 1.807) is 75.6 Å². The summed E-state index contributed by atoms with van der Waals surface area (Å²) in [5.74, 6) is -1.92. The molecule has 2 aliphatic heterocycles. The number of methoxy groups -OCH3 is 1. The van der Waals surface area contributed by atoms with E-state index in [4.69, 9.17) is 18.9 Å². The van der Waals surface area contributed by atoms with Gasteiger partial charge in [-0.05, 0) is 63.8 Å². The molecule has 0 saturated carbocycles. The predicted molar refractivity (Wildman–Crippen MR) is 184 cm³/mol. The van der Waals surface area contributed by atoms with Crippen LogP contribution in [0.15, 0.2) is 66.3 Å². The quantitative estimate of drug-likeness (QED) is 0.109. The van der Waals surface area contributed by atoms with Crippen LogP contribution >= 0.6 is 0 Å². The molecule has 0 radical (unpaired) electrons. The summed E-state index contributed by atoms with van der Waals surface area (Å²) in [6.45, 7) is 12.0. The number of cyclic esters (lactones) is 1. The number of amides is 1. The minimum absolute atomic E-state index is 0.0195. The van der Waals surface area contributed by atoms with Gasteiger partial charge < -0.3 is 39.6 Å². The second-order valence-corrected chi connectivity index (χ2v) is 13.9. The lowest BCUT2D eigenvalue weighted by molar-refractivity contribution is -0.157. The first-order valence-corrected chi connectivity index (χ1v) is 17.1. The number of esters is 2. The molecule has 3 rings (SSSR count). The fourth-order valence-corrected chi connectivity index (χ4v) is 6.39. The Balaban J connectivity index is 1.89. The lowest BCUT2D eigenvalue weighted by atomic mass is 9.87. The van der Waals surface area contributed by atoms with E-state index < -0.39 is 59.5 Å². The fraction of sp³-hybridized carbons (Fsp3) is 0.605. The van der Waals surface area contributed by atoms with Gasteiger partial charge in [0.2, 0.25) is 0 Å². The van der Waals surface area contributed by atoms with E-state index in [-0.39, 0.29) is 43.3 Å². The Morgan fingerprint density at radius 2 is 1.86 bits per heavy atom. The van der Waals surface area contributed by atoms with Crippen molar-refractivity contribution in [3.8, 4) is 0 Å². The highest BCUT2D eigenvalue weighted by Crippen LogP contribution is 2.39. The summed E-state index contributed by atoms with van der Waals surface area (Å²) in [5.41, 5.74) is -1.96. The number of carbonyl (C=O) groups excluding carboxylic acids is 3. The Bertz CT molecular complexity index is 1350. The average Bonchev–Trinajstić information content (AvgIpc) is 3.83. The average molecular weight is 686 g/mol. The van der Waals surface area contributed by atoms with E-state index in [0.717, 1.165) is 6.42 Å². The van der Waals surface area contributed by atoms with Gasteiger partial charge in [0, 0.05) is 31.4 Å². The zero-order valence-corrected chi connectivity index (χ0v) is 30.0. The third-order valence-corrected chi connectivity index (χ3v) is 9.51. The molecule has 2 aliphatic rings. The third-order valence-electron chi connectivity index (χ3n) is 9.51. The van der Waals surface area contributed by atoms with Gasteiger partial charge in [-0.15, -0.1) is 0 Å². The zero-order valence-electron chi connectivity index (χ0n) is 30.0. The summed E-state index contributed by atoms with van der Waals surface area (Å²) >= 11 is 0. The number of aliphatic hydroxyl groups excluding tert-OH is 1. The number of nitrogens with one attached hydrogen (secondary N) is 1. The molecule has 11 atom stereocenters. The number of hydrogen-bond donors (Lipinski definition) is 4. The number of carbonyl (C=O) groups is 3. The normalized spacial score (nSPS) is 32.0. The second-order valence-electron chi connectivity index (χ2n) is 13.9. The van der Waals surface area contributed by atoms with Gasteiger partial charge in [0.15, 0.2) is 0 Å². The molecule has 4 N–H and O–H groups in total. The number of aliphatic hydroxyl groups is 3. The molecule has 0 aliphatic carbocycles. The van der Waals surface area contributed by atoms with Crippen molar-refractivity contribution in [2.45, 2.75) is 128 Å². The molecule has 11 heteroatoms. The number of allylic oxidation sites excluding steroid dienone is 2. The summed E-state index contributed by atoms with van der Waals surface area (Å²) in [6, 6.07) is 7.94. The van der Waals surface area contributed by atoms with E-state index >= 15 is 0 Å². The lowest BCUT2D eigenvalue weighted by Gasteiger charge is -2.32. The molecule has 1 aromatic carbocycles. The van der Waals surface area contributed by atoms with Crippen molar-refractivity contribution in [2.24, 2.45) is 11.8 Å². The Hall–Kier alpha value is -3.35. The molecule has 49 heavy (non-hydrogen) atoms. The molecule has 1 fully saturated rings. The summed E-state index contributed by atoms with van der Waals surface area (Å²) in [5, 5.41) is 36.4. The molecule has 272 valence electrons. The Labute approximate surface area is 290 Å². The number of ether oxygens (including phenoxy) is 4. The predicted octanol–water partition coefficient (Wildman–Crippen LogP) is 4.20. The van der Waals surface area contributed by atoms with Gasteiger partial charge in [-0.2, -0.15) is 0 Å². The molecule has 2 heterocycles. The molecular weight excluding hydrogens is 630 g/mol. The van der Waals surface area contributed by atoms with Gasteiger partial charge >= 0.3 is 11.9 Å². The maximum absolute atomic E-state index is 13.3. The maximum Gasteiger partial charge on any atom is 0.309 e. The summed E-state index contributed by atoms with van der Waals surface area (Å²) in [7, 11) is 1.66. The van der Waals surface area contributed by atoms with E-state index in [9.17, 15) is 29.7 Å². The van der Waals surface area contributed by atoms with Crippen LogP contribution in [0.25, 0.3) is 0 Å². The second kappa shape index (κ2) is 17.5. The van der Waals surface area contributed by atoms with Crippen molar-refractivity contribution in [2.75, 3.05) is 7.11 Å². The van der Waals surface area contributed by atoms with Gasteiger partial charge in [0.05, 0.1) is 30.8 Å². The van der Waals surface area contributed by atoms with Gasteiger partial charge in [-0.25, -0.2) is 0 Å². The highest BCUT2D eigenvalue weighted by molar-refractivity contribution is 5.94. The van der Waals surface area contributed by atoms with E-state index in [0.29, 0.717) is 11.1 Å². The molecule has 1 saturated heterocycles. The summed E-state index contributed by atoms with van der Waals surface area (Å²) in [6.07, 6.45) is 5.34. The zero-order chi connectivity index (χ0) is 36.5. The van der Waals surface area contributed by atoms with Crippen LogP contribution in [0.5, 0.6) is 0 Å². The van der Waals surface area contributed by atoms with Crippen molar-refractivity contribution in [1.82, 2.24) is 5.32 Å². The van der Waals surface area contributed by atoms with Crippen molar-refractivity contribution in [3.05, 3.63) is 71.8 Å². The smallest absolute Gasteiger partial charge is 0.309 e. The van der Waals surface area contributed by atoms with Crippen molar-refractivity contribution in [3.63, 3.8) is 0 Å². The third kappa shape index (κ3) is 11.3. The Kier molecular flexibility index (Phi) is 14.3. The lowest BCUT2D eigenvalue weighted by Crippen LogP contribution is -2.54. The number of epoxide rings is 1. The Morgan fingerprint density at radius 1 is 1.18 bits per heavy atom. The van der Waals surface area contributed by atoms with Crippen molar-refractivity contribution in [1.29, 1.82) is 0 Å². The monoisotopic (exact) mass is 685 g/mol. The van der Waals surface area contributed by atoms with Gasteiger partial charge in [0.1, 0.15) is 29.5 Å². The molecule has 0 aromatic heterocycles. The van der Waals surface area contributed by atoms with Crippen LogP contribution in [0.4, 0.5) is 0 Å². The molecule has 11 nitrogen and oxygen atoms in total. The highest BCUT2D eigenvalue weighted by Gasteiger charge is 2.54. The van der Waals surface area contributed by atoms with E-state index in [2.05, 4.69) is 5.32 Å². The van der Waals surface area contributed by atoms with Crippen molar-refractivity contribution >= 4 is 17.8 Å². The topological polar surface area (TPSA) is 164 Å². The number of rotatable bonds is 12. The van der Waals surface area contributed by atoms with Crippen LogP contribution in [0.2, 0.25) is 0 Å². The van der Waals surface area contributed by atoms with Crippen LogP contribution in [0.1, 0.15) is 84.5 Å². The number of benzene rings is 1. The minimum Gasteiger partial charge on any atom is -0.457 e. The molecular formula is C38H55NO10. The SMILES string of the molecule is CC[C@H](OC)[C@@H](C)[C@H]1O[C@@H]1C(NC(=O)c1ccccc1)C(C)(O)/C=C/C=C(\C)[C@@H]1OC(=O)C[C@H](O)CC[C@@](C)(O)[C@@H](OC(C)=O)/C=C/[C@@H]1C. The highest BCUT2D eigenvalue weighted by atomic mass is 16.6. The van der Waals surface area contributed by atoms with Crippen molar-refractivity contribution < 1.29 is 48.7 Å². The van der Waals surface area contributed by atoms with Crippen LogP contribution in [-0.4, -0.2) is 94.1 Å². The standard InChI is InChI=1S/C38H55NO10/c1-9-29(46-8)25(4)33-34(49-33)35(39-36(43)27-15-11-10-12-16-27)38(7,45)20-13-14-23(2)32-24(3)17-18-30(47-26(5)40)37(6,44)21-19-28(41)22-31(42)48-32/h10-18,20,24-25,28-30,32-35,41,44-45H,9,19,21-22H2,1-8H3,(H,39,43)/b18-17+,20-13+,23-14+/t24-,25+,28+,29-,30-,32-,33+,34-,35?,37+,38?/m0/s1. The first-order chi connectivity index (χ1) is 23.0. The maximum atomic E-state index is 13.3. The van der Waals surface area contributed by atoms with Crippen LogP contribution in [0.3, 0.4) is 0 Å². The fourth-order valence-electron chi connectivity index (χ4n) is 6.39. The first kappa shape index (κ1) is 40.1. The number of hydrogen-bond acceptors (Lipinski definition) is 10. The molecule has 2 unspecified atom stereocenters. The van der Waals surface area contributed by atoms with Crippen LogP contribution in [-0.2, 0) is 28.5 Å². The van der Waals surface area contributed by atoms with Gasteiger partial charge in [-0.1, -0.05) is 63.3 Å². The first-order valence-electron chi connectivity index (χ1n) is 17.1. The Morgan fingerprint density at radius 3 is 2.47 bits per heavy atom. The molecule has 0 bridgehead atoms. The van der Waals surface area contributed by atoms with E-state index in [1.807, 2.05) is 26.8 Å². The summed E-state index contributed by atoms with van der Waals surface area (Å²) in [4.78, 5) is 37.9. The molecule has 0 spiro atoms. The minimum atomic E-state index is -1.56. The van der Waals surface area contributed by atoms with Crippen LogP contribution in [0, 0.1) is 11.8 Å². The molecule has 1 amide bonds. The molecule has 1 aromatic rings. The van der Waals surface area contributed by atoms with Crippen LogP contribution < -0.4 is 5.32 Å².